The fraction of sp³-hybridized carbons (Fsp3) is 0.286. The zero-order chi connectivity index (χ0) is 19.2. The van der Waals surface area contributed by atoms with Crippen LogP contribution in [0, 0.1) is 0 Å². The Balaban J connectivity index is 1.31. The number of anilines is 3. The molecule has 0 unspecified atom stereocenters. The van der Waals surface area contributed by atoms with E-state index in [1.807, 2.05) is 42.7 Å². The molecule has 1 fully saturated rings. The number of aromatic nitrogens is 3. The van der Waals surface area contributed by atoms with Crippen LogP contribution >= 0.6 is 11.6 Å². The number of hydrogen-bond donors (Lipinski definition) is 1. The Hall–Kier alpha value is -2.86. The van der Waals surface area contributed by atoms with Crippen molar-refractivity contribution in [1.29, 1.82) is 0 Å². The van der Waals surface area contributed by atoms with Crippen LogP contribution in [0.2, 0.25) is 5.02 Å². The van der Waals surface area contributed by atoms with Gasteiger partial charge in [-0.05, 0) is 42.3 Å². The third-order valence-corrected chi connectivity index (χ3v) is 5.06. The zero-order valence-electron chi connectivity index (χ0n) is 15.6. The molecule has 144 valence electrons. The van der Waals surface area contributed by atoms with E-state index >= 15 is 0 Å². The van der Waals surface area contributed by atoms with Crippen molar-refractivity contribution in [1.82, 2.24) is 15.0 Å². The summed E-state index contributed by atoms with van der Waals surface area (Å²) in [5.41, 5.74) is 1.25. The summed E-state index contributed by atoms with van der Waals surface area (Å²) in [6, 6.07) is 15.9. The van der Waals surface area contributed by atoms with Gasteiger partial charge in [-0.2, -0.15) is 4.98 Å². The fourth-order valence-corrected chi connectivity index (χ4v) is 3.39. The number of nitrogens with zero attached hydrogens (tertiary/aromatic N) is 5. The highest BCUT2D eigenvalue weighted by molar-refractivity contribution is 6.30. The molecule has 0 radical (unpaired) electrons. The van der Waals surface area contributed by atoms with Gasteiger partial charge in [0.1, 0.15) is 11.6 Å². The average molecular weight is 395 g/mol. The van der Waals surface area contributed by atoms with Crippen molar-refractivity contribution in [3.05, 3.63) is 71.5 Å². The van der Waals surface area contributed by atoms with Crippen molar-refractivity contribution in [3.8, 4) is 0 Å². The quantitative estimate of drug-likeness (QED) is 0.690. The van der Waals surface area contributed by atoms with Gasteiger partial charge in [-0.1, -0.05) is 29.8 Å². The molecular formula is C21H23ClN6. The number of rotatable bonds is 6. The van der Waals surface area contributed by atoms with E-state index < -0.39 is 0 Å². The molecule has 0 saturated carbocycles. The molecule has 3 heterocycles. The Labute approximate surface area is 170 Å². The summed E-state index contributed by atoms with van der Waals surface area (Å²) in [7, 11) is 0. The molecule has 1 N–H and O–H groups in total. The van der Waals surface area contributed by atoms with Gasteiger partial charge >= 0.3 is 0 Å². The maximum absolute atomic E-state index is 5.93. The van der Waals surface area contributed by atoms with Crippen LogP contribution < -0.4 is 15.1 Å². The van der Waals surface area contributed by atoms with E-state index in [1.54, 1.807) is 0 Å². The van der Waals surface area contributed by atoms with Crippen molar-refractivity contribution in [2.45, 2.75) is 6.42 Å². The summed E-state index contributed by atoms with van der Waals surface area (Å²) < 4.78 is 0. The molecule has 4 rings (SSSR count). The lowest BCUT2D eigenvalue weighted by Gasteiger charge is -2.35. The first-order valence-electron chi connectivity index (χ1n) is 9.50. The van der Waals surface area contributed by atoms with Crippen molar-refractivity contribution in [2.75, 3.05) is 47.8 Å². The van der Waals surface area contributed by atoms with Gasteiger partial charge in [0.2, 0.25) is 5.95 Å². The van der Waals surface area contributed by atoms with Crippen LogP contribution in [-0.4, -0.2) is 47.7 Å². The van der Waals surface area contributed by atoms with Crippen molar-refractivity contribution in [3.63, 3.8) is 0 Å². The number of hydrogen-bond acceptors (Lipinski definition) is 6. The molecule has 0 aliphatic carbocycles. The first-order valence-corrected chi connectivity index (χ1v) is 9.88. The highest BCUT2D eigenvalue weighted by atomic mass is 35.5. The summed E-state index contributed by atoms with van der Waals surface area (Å²) in [6.07, 6.45) is 4.57. The topological polar surface area (TPSA) is 57.2 Å². The molecule has 1 aliphatic rings. The van der Waals surface area contributed by atoms with Crippen LogP contribution in [0.15, 0.2) is 60.9 Å². The smallest absolute Gasteiger partial charge is 0.227 e. The maximum atomic E-state index is 5.93. The molecule has 28 heavy (non-hydrogen) atoms. The van der Waals surface area contributed by atoms with Crippen molar-refractivity contribution >= 4 is 29.2 Å². The SMILES string of the molecule is Clc1ccc(CCNc2ccnc(N3CCN(c4ccccn4)CC3)n2)cc1. The van der Waals surface area contributed by atoms with Crippen molar-refractivity contribution < 1.29 is 0 Å². The Morgan fingerprint density at radius 3 is 2.39 bits per heavy atom. The molecule has 0 spiro atoms. The number of benzene rings is 1. The molecule has 2 aromatic heterocycles. The van der Waals surface area contributed by atoms with Crippen LogP contribution in [0.4, 0.5) is 17.6 Å². The Morgan fingerprint density at radius 1 is 0.857 bits per heavy atom. The second kappa shape index (κ2) is 8.89. The molecule has 0 bridgehead atoms. The van der Waals surface area contributed by atoms with Gasteiger partial charge in [0.15, 0.2) is 0 Å². The zero-order valence-corrected chi connectivity index (χ0v) is 16.4. The maximum Gasteiger partial charge on any atom is 0.227 e. The average Bonchev–Trinajstić information content (AvgIpc) is 2.76. The molecule has 1 aliphatic heterocycles. The summed E-state index contributed by atoms with van der Waals surface area (Å²) in [5.74, 6) is 2.66. The molecule has 0 atom stereocenters. The fourth-order valence-electron chi connectivity index (χ4n) is 3.26. The molecule has 1 aromatic carbocycles. The van der Waals surface area contributed by atoms with Gasteiger partial charge in [-0.3, -0.25) is 0 Å². The van der Waals surface area contributed by atoms with Gasteiger partial charge in [0, 0.05) is 50.1 Å². The van der Waals surface area contributed by atoms with Gasteiger partial charge in [-0.15, -0.1) is 0 Å². The minimum atomic E-state index is 0.764. The highest BCUT2D eigenvalue weighted by Crippen LogP contribution is 2.17. The lowest BCUT2D eigenvalue weighted by Crippen LogP contribution is -2.47. The van der Waals surface area contributed by atoms with E-state index in [4.69, 9.17) is 11.6 Å². The second-order valence-corrected chi connectivity index (χ2v) is 7.14. The third kappa shape index (κ3) is 4.70. The Kier molecular flexibility index (Phi) is 5.87. The first-order chi connectivity index (χ1) is 13.8. The van der Waals surface area contributed by atoms with Crippen LogP contribution in [-0.2, 0) is 6.42 Å². The van der Waals surface area contributed by atoms with E-state index in [-0.39, 0.29) is 0 Å². The number of nitrogens with one attached hydrogen (secondary N) is 1. The lowest BCUT2D eigenvalue weighted by atomic mass is 10.1. The van der Waals surface area contributed by atoms with Gasteiger partial charge in [0.05, 0.1) is 0 Å². The highest BCUT2D eigenvalue weighted by Gasteiger charge is 2.19. The largest absolute Gasteiger partial charge is 0.370 e. The summed E-state index contributed by atoms with van der Waals surface area (Å²) in [5, 5.41) is 4.15. The van der Waals surface area contributed by atoms with Crippen LogP contribution in [0.1, 0.15) is 5.56 Å². The van der Waals surface area contributed by atoms with Crippen LogP contribution in [0.3, 0.4) is 0 Å². The lowest BCUT2D eigenvalue weighted by molar-refractivity contribution is 0.635. The van der Waals surface area contributed by atoms with Crippen molar-refractivity contribution in [2.24, 2.45) is 0 Å². The second-order valence-electron chi connectivity index (χ2n) is 6.71. The molecule has 0 amide bonds. The first kappa shape index (κ1) is 18.5. The molecular weight excluding hydrogens is 372 g/mol. The number of piperazine rings is 1. The van der Waals surface area contributed by atoms with Crippen LogP contribution in [0.25, 0.3) is 0 Å². The summed E-state index contributed by atoms with van der Waals surface area (Å²) in [6.45, 7) is 4.39. The number of pyridine rings is 1. The Bertz CT molecular complexity index is 879. The molecule has 3 aromatic rings. The molecule has 7 heteroatoms. The summed E-state index contributed by atoms with van der Waals surface area (Å²) in [4.78, 5) is 18.1. The minimum Gasteiger partial charge on any atom is -0.370 e. The van der Waals surface area contributed by atoms with Gasteiger partial charge in [0.25, 0.3) is 0 Å². The van der Waals surface area contributed by atoms with E-state index in [0.717, 1.165) is 61.8 Å². The monoisotopic (exact) mass is 394 g/mol. The van der Waals surface area contributed by atoms with Gasteiger partial charge in [-0.25, -0.2) is 9.97 Å². The van der Waals surface area contributed by atoms with Gasteiger partial charge < -0.3 is 15.1 Å². The molecule has 6 nitrogen and oxygen atoms in total. The van der Waals surface area contributed by atoms with E-state index in [0.29, 0.717) is 0 Å². The van der Waals surface area contributed by atoms with E-state index in [2.05, 4.69) is 48.3 Å². The Morgan fingerprint density at radius 2 is 1.64 bits per heavy atom. The predicted octanol–water partition coefficient (Wildman–Crippen LogP) is 3.51. The van der Waals surface area contributed by atoms with E-state index in [1.165, 1.54) is 5.56 Å². The predicted molar refractivity (Wildman–Crippen MR) is 114 cm³/mol. The van der Waals surface area contributed by atoms with E-state index in [9.17, 15) is 0 Å². The molecule has 1 saturated heterocycles. The third-order valence-electron chi connectivity index (χ3n) is 4.81. The minimum absolute atomic E-state index is 0.764. The standard InChI is InChI=1S/C21H23ClN6/c22-18-6-4-17(5-7-18)8-11-23-19-9-12-25-21(26-19)28-15-13-27(14-16-28)20-3-1-2-10-24-20/h1-7,9-10,12H,8,11,13-16H2,(H,23,25,26). The summed E-state index contributed by atoms with van der Waals surface area (Å²) >= 11 is 5.93. The number of halogens is 1. The van der Waals surface area contributed by atoms with Crippen LogP contribution in [0.5, 0.6) is 0 Å². The normalized spacial score (nSPS) is 14.2.